The number of nitrogens with zero attached hydrogens (tertiary/aromatic N) is 1. The average molecular weight is 451 g/mol. The normalized spacial score (nSPS) is 17.7. The van der Waals surface area contributed by atoms with Gasteiger partial charge in [0.15, 0.2) is 0 Å². The van der Waals surface area contributed by atoms with Crippen LogP contribution in [-0.2, 0) is 14.4 Å². The zero-order chi connectivity index (χ0) is 24.8. The molecule has 0 saturated carbocycles. The monoisotopic (exact) mass is 450 g/mol. The van der Waals surface area contributed by atoms with Gasteiger partial charge in [-0.3, -0.25) is 14.4 Å². The molecule has 0 aromatic rings. The van der Waals surface area contributed by atoms with E-state index in [2.05, 4.69) is 11.9 Å². The van der Waals surface area contributed by atoms with E-state index in [0.717, 1.165) is 18.2 Å². The van der Waals surface area contributed by atoms with E-state index in [1.807, 2.05) is 27.7 Å². The molecule has 1 N–H and O–H groups in total. The molecule has 0 radical (unpaired) electrons. The van der Waals surface area contributed by atoms with Crippen LogP contribution in [0.3, 0.4) is 0 Å². The smallest absolute Gasteiger partial charge is 0.270 e. The first-order valence-corrected chi connectivity index (χ1v) is 11.1. The van der Waals surface area contributed by atoms with E-state index >= 15 is 0 Å². The summed E-state index contributed by atoms with van der Waals surface area (Å²) >= 11 is 0. The molecular formula is C25H36F2N2O3. The predicted molar refractivity (Wildman–Crippen MR) is 123 cm³/mol. The summed E-state index contributed by atoms with van der Waals surface area (Å²) in [6, 6.07) is 0.0286. The molecule has 3 amide bonds. The molecule has 0 bridgehead atoms. The standard InChI is InChI=1S/C25H36F2N2O3/c1-9-16(5)21(13-12-20(15(3)4)25(8,26)27)29-23(31)18(7)19(24(29)32)11-14-22(30)28-17(6)10-2/h12-13,16-17H,3,9-11,14H2,1-2,4-8H3,(H,28,30)/b20-12+,21-13+. The van der Waals surface area contributed by atoms with Crippen molar-refractivity contribution in [1.82, 2.24) is 10.2 Å². The summed E-state index contributed by atoms with van der Waals surface area (Å²) in [5, 5.41) is 2.84. The van der Waals surface area contributed by atoms with Crippen molar-refractivity contribution in [2.45, 2.75) is 86.1 Å². The summed E-state index contributed by atoms with van der Waals surface area (Å²) in [5.74, 6) is -4.49. The molecule has 0 spiro atoms. The lowest BCUT2D eigenvalue weighted by molar-refractivity contribution is -0.135. The Morgan fingerprint density at radius 3 is 2.22 bits per heavy atom. The molecule has 1 heterocycles. The number of amides is 3. The first-order valence-electron chi connectivity index (χ1n) is 11.1. The van der Waals surface area contributed by atoms with Crippen molar-refractivity contribution in [3.63, 3.8) is 0 Å². The second kappa shape index (κ2) is 11.3. The van der Waals surface area contributed by atoms with E-state index in [4.69, 9.17) is 0 Å². The number of hydrogen-bond donors (Lipinski definition) is 1. The van der Waals surface area contributed by atoms with Crippen molar-refractivity contribution in [2.24, 2.45) is 5.92 Å². The maximum absolute atomic E-state index is 14.0. The van der Waals surface area contributed by atoms with Gasteiger partial charge >= 0.3 is 0 Å². The Balaban J connectivity index is 3.25. The quantitative estimate of drug-likeness (QED) is 0.336. The van der Waals surface area contributed by atoms with Crippen LogP contribution in [0.5, 0.6) is 0 Å². The van der Waals surface area contributed by atoms with Crippen molar-refractivity contribution >= 4 is 17.7 Å². The fraction of sp³-hybridized carbons (Fsp3) is 0.560. The van der Waals surface area contributed by atoms with Gasteiger partial charge in [0, 0.05) is 41.8 Å². The molecule has 0 fully saturated rings. The highest BCUT2D eigenvalue weighted by Crippen LogP contribution is 2.33. The number of rotatable bonds is 11. The van der Waals surface area contributed by atoms with Crippen LogP contribution < -0.4 is 5.32 Å². The molecule has 32 heavy (non-hydrogen) atoms. The van der Waals surface area contributed by atoms with Crippen LogP contribution in [0.4, 0.5) is 8.78 Å². The SMILES string of the molecule is C=C(C)/C(=C\C=C(/C(C)CC)N1C(=O)C(C)=C(CCC(=O)NC(C)CC)C1=O)C(C)(F)F. The largest absolute Gasteiger partial charge is 0.354 e. The maximum atomic E-state index is 14.0. The lowest BCUT2D eigenvalue weighted by Gasteiger charge is -2.24. The maximum Gasteiger partial charge on any atom is 0.270 e. The number of nitrogens with one attached hydrogen (secondary N) is 1. The van der Waals surface area contributed by atoms with Crippen LogP contribution in [-0.4, -0.2) is 34.6 Å². The lowest BCUT2D eigenvalue weighted by atomic mass is 9.99. The second-order valence-corrected chi connectivity index (χ2v) is 8.58. The Bertz CT molecular complexity index is 863. The van der Waals surface area contributed by atoms with E-state index in [1.54, 1.807) is 6.92 Å². The first-order chi connectivity index (χ1) is 14.8. The Labute approximate surface area is 190 Å². The summed E-state index contributed by atoms with van der Waals surface area (Å²) in [6.07, 6.45) is 4.27. The number of halogens is 2. The molecule has 0 aliphatic carbocycles. The van der Waals surface area contributed by atoms with Gasteiger partial charge in [-0.05, 0) is 57.6 Å². The van der Waals surface area contributed by atoms with E-state index in [0.29, 0.717) is 12.1 Å². The van der Waals surface area contributed by atoms with E-state index in [9.17, 15) is 23.2 Å². The highest BCUT2D eigenvalue weighted by molar-refractivity contribution is 6.20. The van der Waals surface area contributed by atoms with E-state index in [-0.39, 0.29) is 53.0 Å². The molecule has 1 aliphatic heterocycles. The summed E-state index contributed by atoms with van der Waals surface area (Å²) < 4.78 is 27.9. The molecular weight excluding hydrogens is 414 g/mol. The lowest BCUT2D eigenvalue weighted by Crippen LogP contribution is -2.34. The van der Waals surface area contributed by atoms with Gasteiger partial charge in [-0.2, -0.15) is 0 Å². The number of imide groups is 1. The second-order valence-electron chi connectivity index (χ2n) is 8.58. The zero-order valence-corrected chi connectivity index (χ0v) is 20.3. The highest BCUT2D eigenvalue weighted by atomic mass is 19.3. The van der Waals surface area contributed by atoms with Gasteiger partial charge in [-0.25, -0.2) is 13.7 Å². The van der Waals surface area contributed by atoms with Crippen molar-refractivity contribution in [3.8, 4) is 0 Å². The number of carbonyl (C=O) groups is 3. The van der Waals surface area contributed by atoms with Gasteiger partial charge in [0.2, 0.25) is 5.91 Å². The predicted octanol–water partition coefficient (Wildman–Crippen LogP) is 5.45. The fourth-order valence-corrected chi connectivity index (χ4v) is 3.40. The molecule has 7 heteroatoms. The number of hydrogen-bond acceptors (Lipinski definition) is 3. The molecule has 178 valence electrons. The Morgan fingerprint density at radius 2 is 1.75 bits per heavy atom. The van der Waals surface area contributed by atoms with Crippen LogP contribution in [0.15, 0.2) is 46.7 Å². The molecule has 2 atom stereocenters. The summed E-state index contributed by atoms with van der Waals surface area (Å²) in [5.41, 5.74) is 0.866. The molecule has 1 rings (SSSR count). The van der Waals surface area contributed by atoms with Crippen molar-refractivity contribution in [1.29, 1.82) is 0 Å². The van der Waals surface area contributed by atoms with Gasteiger partial charge in [0.05, 0.1) is 0 Å². The fourth-order valence-electron chi connectivity index (χ4n) is 3.40. The minimum atomic E-state index is -3.11. The summed E-state index contributed by atoms with van der Waals surface area (Å²) in [4.78, 5) is 39.3. The third-order valence-corrected chi connectivity index (χ3v) is 5.79. The minimum Gasteiger partial charge on any atom is -0.354 e. The molecule has 0 aromatic carbocycles. The topological polar surface area (TPSA) is 66.5 Å². The van der Waals surface area contributed by atoms with Crippen LogP contribution in [0, 0.1) is 5.92 Å². The van der Waals surface area contributed by atoms with E-state index < -0.39 is 17.7 Å². The number of alkyl halides is 2. The van der Waals surface area contributed by atoms with Crippen molar-refractivity contribution < 1.29 is 23.2 Å². The average Bonchev–Trinajstić information content (AvgIpc) is 2.90. The van der Waals surface area contributed by atoms with Crippen molar-refractivity contribution in [3.05, 3.63) is 46.7 Å². The summed E-state index contributed by atoms with van der Waals surface area (Å²) in [7, 11) is 0. The van der Waals surface area contributed by atoms with Gasteiger partial charge in [-0.15, -0.1) is 0 Å². The van der Waals surface area contributed by atoms with Crippen LogP contribution >= 0.6 is 0 Å². The van der Waals surface area contributed by atoms with Crippen LogP contribution in [0.1, 0.15) is 74.1 Å². The van der Waals surface area contributed by atoms with E-state index in [1.165, 1.54) is 19.1 Å². The molecule has 5 nitrogen and oxygen atoms in total. The van der Waals surface area contributed by atoms with Gasteiger partial charge < -0.3 is 5.32 Å². The number of allylic oxidation sites excluding steroid dienone is 5. The molecule has 1 aliphatic rings. The molecule has 0 saturated heterocycles. The van der Waals surface area contributed by atoms with Gasteiger partial charge in [-0.1, -0.05) is 33.4 Å². The Hall–Kier alpha value is -2.57. The minimum absolute atomic E-state index is 0.0286. The highest BCUT2D eigenvalue weighted by Gasteiger charge is 2.39. The molecule has 2 unspecified atom stereocenters. The zero-order valence-electron chi connectivity index (χ0n) is 20.3. The van der Waals surface area contributed by atoms with Crippen LogP contribution in [0.2, 0.25) is 0 Å². The number of carbonyl (C=O) groups excluding carboxylic acids is 3. The third kappa shape index (κ3) is 6.71. The first kappa shape index (κ1) is 27.5. The van der Waals surface area contributed by atoms with Gasteiger partial charge in [0.25, 0.3) is 17.7 Å². The Morgan fingerprint density at radius 1 is 1.16 bits per heavy atom. The molecule has 0 aromatic heterocycles. The summed E-state index contributed by atoms with van der Waals surface area (Å²) in [6.45, 7) is 15.0. The van der Waals surface area contributed by atoms with Crippen LogP contribution in [0.25, 0.3) is 0 Å². The Kier molecular flexibility index (Phi) is 9.73. The van der Waals surface area contributed by atoms with Crippen molar-refractivity contribution in [2.75, 3.05) is 0 Å². The van der Waals surface area contributed by atoms with Gasteiger partial charge in [0.1, 0.15) is 0 Å². The third-order valence-electron chi connectivity index (χ3n) is 5.79.